The quantitative estimate of drug-likeness (QED) is 0.836. The van der Waals surface area contributed by atoms with Crippen LogP contribution in [0.3, 0.4) is 0 Å². The second kappa shape index (κ2) is 4.78. The van der Waals surface area contributed by atoms with Gasteiger partial charge in [-0.05, 0) is 12.0 Å². The molecule has 2 heterocycles. The summed E-state index contributed by atoms with van der Waals surface area (Å²) in [7, 11) is 0. The van der Waals surface area contributed by atoms with Crippen LogP contribution in [0.4, 0.5) is 0 Å². The van der Waals surface area contributed by atoms with Gasteiger partial charge in [0.15, 0.2) is 0 Å². The zero-order valence-corrected chi connectivity index (χ0v) is 10.2. The lowest BCUT2D eigenvalue weighted by Gasteiger charge is -2.35. The molecule has 2 saturated heterocycles. The van der Waals surface area contributed by atoms with Gasteiger partial charge < -0.3 is 5.32 Å². The minimum Gasteiger partial charge on any atom is -0.311 e. The number of nitrogens with one attached hydrogen (secondary N) is 1. The maximum atomic E-state index is 3.68. The maximum absolute atomic E-state index is 3.68. The molecule has 0 bridgehead atoms. The predicted molar refractivity (Wildman–Crippen MR) is 69.8 cm³/mol. The second-order valence-corrected chi connectivity index (χ2v) is 5.72. The number of benzene rings is 1. The lowest BCUT2D eigenvalue weighted by Crippen LogP contribution is -2.55. The van der Waals surface area contributed by atoms with Crippen LogP contribution in [0.2, 0.25) is 0 Å². The lowest BCUT2D eigenvalue weighted by molar-refractivity contribution is 0.181. The molecule has 0 spiro atoms. The minimum atomic E-state index is 0.636. The van der Waals surface area contributed by atoms with Gasteiger partial charge in [-0.25, -0.2) is 0 Å². The van der Waals surface area contributed by atoms with Crippen LogP contribution in [-0.2, 0) is 6.42 Å². The van der Waals surface area contributed by atoms with Crippen LogP contribution >= 0.6 is 11.8 Å². The Morgan fingerprint density at radius 2 is 2.19 bits per heavy atom. The van der Waals surface area contributed by atoms with E-state index in [0.29, 0.717) is 6.04 Å². The number of thioether (sulfide) groups is 1. The standard InChI is InChI=1S/C13H18N2S/c1-2-4-11(5-3-1)6-12-8-15-10-16-9-13(15)7-14-12/h1-5,12-14H,6-10H2. The van der Waals surface area contributed by atoms with Crippen molar-refractivity contribution in [1.82, 2.24) is 10.2 Å². The average Bonchev–Trinajstić information content (AvgIpc) is 2.77. The highest BCUT2D eigenvalue weighted by Crippen LogP contribution is 2.23. The SMILES string of the molecule is c1ccc(CC2CN3CSCC3CN2)cc1. The largest absolute Gasteiger partial charge is 0.311 e. The maximum Gasteiger partial charge on any atom is 0.0449 e. The van der Waals surface area contributed by atoms with E-state index in [1.54, 1.807) is 0 Å². The minimum absolute atomic E-state index is 0.636. The fourth-order valence-corrected chi connectivity index (χ4v) is 3.85. The van der Waals surface area contributed by atoms with Gasteiger partial charge in [-0.1, -0.05) is 30.3 Å². The number of fused-ring (bicyclic) bond motifs is 1. The molecule has 2 atom stereocenters. The molecule has 86 valence electrons. The van der Waals surface area contributed by atoms with Gasteiger partial charge >= 0.3 is 0 Å². The molecular formula is C13H18N2S. The molecule has 0 aromatic heterocycles. The highest BCUT2D eigenvalue weighted by Gasteiger charge is 2.31. The zero-order valence-electron chi connectivity index (χ0n) is 9.43. The molecule has 2 aliphatic heterocycles. The van der Waals surface area contributed by atoms with Gasteiger partial charge in [-0.2, -0.15) is 0 Å². The van der Waals surface area contributed by atoms with Gasteiger partial charge in [-0.3, -0.25) is 4.90 Å². The first-order chi connectivity index (χ1) is 7.92. The predicted octanol–water partition coefficient (Wildman–Crippen LogP) is 1.58. The molecule has 2 nitrogen and oxygen atoms in total. The summed E-state index contributed by atoms with van der Waals surface area (Å²) in [6.07, 6.45) is 1.16. The zero-order chi connectivity index (χ0) is 10.8. The van der Waals surface area contributed by atoms with Gasteiger partial charge in [0.05, 0.1) is 0 Å². The molecule has 2 aliphatic rings. The topological polar surface area (TPSA) is 15.3 Å². The van der Waals surface area contributed by atoms with E-state index in [1.165, 1.54) is 30.3 Å². The number of rotatable bonds is 2. The second-order valence-electron chi connectivity index (χ2n) is 4.72. The fourth-order valence-electron chi connectivity index (χ4n) is 2.59. The first kappa shape index (κ1) is 10.6. The molecule has 0 saturated carbocycles. The molecular weight excluding hydrogens is 216 g/mol. The van der Waals surface area contributed by atoms with Crippen LogP contribution in [0, 0.1) is 0 Å². The van der Waals surface area contributed by atoms with Gasteiger partial charge in [-0.15, -0.1) is 11.8 Å². The van der Waals surface area contributed by atoms with Crippen LogP contribution in [-0.4, -0.2) is 41.7 Å². The van der Waals surface area contributed by atoms with Crippen molar-refractivity contribution in [2.75, 3.05) is 24.7 Å². The molecule has 1 N–H and O–H groups in total. The third kappa shape index (κ3) is 2.26. The van der Waals surface area contributed by atoms with Crippen molar-refractivity contribution in [3.63, 3.8) is 0 Å². The summed E-state index contributed by atoms with van der Waals surface area (Å²) in [6, 6.07) is 12.2. The molecule has 0 radical (unpaired) electrons. The Morgan fingerprint density at radius 1 is 1.31 bits per heavy atom. The third-order valence-electron chi connectivity index (χ3n) is 3.51. The van der Waals surface area contributed by atoms with E-state index < -0.39 is 0 Å². The summed E-state index contributed by atoms with van der Waals surface area (Å²) >= 11 is 2.07. The molecule has 2 fully saturated rings. The first-order valence-corrected chi connectivity index (χ1v) is 7.16. The molecule has 1 aromatic rings. The van der Waals surface area contributed by atoms with E-state index in [0.717, 1.165) is 12.5 Å². The number of hydrogen-bond donors (Lipinski definition) is 1. The normalized spacial score (nSPS) is 30.2. The highest BCUT2D eigenvalue weighted by molar-refractivity contribution is 7.99. The van der Waals surface area contributed by atoms with Gasteiger partial charge in [0, 0.05) is 36.8 Å². The smallest absolute Gasteiger partial charge is 0.0449 e. The van der Waals surface area contributed by atoms with Crippen molar-refractivity contribution in [2.24, 2.45) is 0 Å². The van der Waals surface area contributed by atoms with Crippen LogP contribution in [0.15, 0.2) is 30.3 Å². The number of piperazine rings is 1. The summed E-state index contributed by atoms with van der Waals surface area (Å²) in [5.74, 6) is 2.54. The van der Waals surface area contributed by atoms with Crippen molar-refractivity contribution in [1.29, 1.82) is 0 Å². The van der Waals surface area contributed by atoms with Gasteiger partial charge in [0.2, 0.25) is 0 Å². The number of nitrogens with zero attached hydrogens (tertiary/aromatic N) is 1. The number of hydrogen-bond acceptors (Lipinski definition) is 3. The summed E-state index contributed by atoms with van der Waals surface area (Å²) in [5, 5.41) is 3.68. The summed E-state index contributed by atoms with van der Waals surface area (Å²) in [5.41, 5.74) is 1.45. The van der Waals surface area contributed by atoms with Crippen molar-refractivity contribution < 1.29 is 0 Å². The van der Waals surface area contributed by atoms with E-state index in [2.05, 4.69) is 52.3 Å². The fraction of sp³-hybridized carbons (Fsp3) is 0.538. The Bertz CT molecular complexity index is 341. The van der Waals surface area contributed by atoms with E-state index >= 15 is 0 Å². The Hall–Kier alpha value is -0.510. The average molecular weight is 234 g/mol. The van der Waals surface area contributed by atoms with E-state index in [4.69, 9.17) is 0 Å². The van der Waals surface area contributed by atoms with Crippen molar-refractivity contribution in [2.45, 2.75) is 18.5 Å². The van der Waals surface area contributed by atoms with Gasteiger partial charge in [0.25, 0.3) is 0 Å². The first-order valence-electron chi connectivity index (χ1n) is 6.01. The van der Waals surface area contributed by atoms with E-state index in [9.17, 15) is 0 Å². The monoisotopic (exact) mass is 234 g/mol. The van der Waals surface area contributed by atoms with E-state index in [-0.39, 0.29) is 0 Å². The summed E-state index contributed by atoms with van der Waals surface area (Å²) < 4.78 is 0. The Balaban J connectivity index is 1.60. The van der Waals surface area contributed by atoms with Crippen LogP contribution in [0.5, 0.6) is 0 Å². The Kier molecular flexibility index (Phi) is 3.18. The van der Waals surface area contributed by atoms with Gasteiger partial charge in [0.1, 0.15) is 0 Å². The summed E-state index contributed by atoms with van der Waals surface area (Å²) in [4.78, 5) is 2.63. The van der Waals surface area contributed by atoms with Crippen LogP contribution in [0.25, 0.3) is 0 Å². The van der Waals surface area contributed by atoms with Crippen LogP contribution in [0.1, 0.15) is 5.56 Å². The Labute approximate surface area is 101 Å². The van der Waals surface area contributed by atoms with Crippen LogP contribution < -0.4 is 5.32 Å². The molecule has 2 unspecified atom stereocenters. The summed E-state index contributed by atoms with van der Waals surface area (Å²) in [6.45, 7) is 2.39. The molecule has 3 heteroatoms. The van der Waals surface area contributed by atoms with Crippen molar-refractivity contribution in [3.8, 4) is 0 Å². The molecule has 1 aromatic carbocycles. The van der Waals surface area contributed by atoms with Crippen molar-refractivity contribution >= 4 is 11.8 Å². The molecule has 0 amide bonds. The lowest BCUT2D eigenvalue weighted by atomic mass is 10.0. The molecule has 16 heavy (non-hydrogen) atoms. The molecule has 3 rings (SSSR count). The highest BCUT2D eigenvalue weighted by atomic mass is 32.2. The van der Waals surface area contributed by atoms with Crippen molar-refractivity contribution in [3.05, 3.63) is 35.9 Å². The third-order valence-corrected chi connectivity index (χ3v) is 4.64. The van der Waals surface area contributed by atoms with E-state index in [1.807, 2.05) is 0 Å². The Morgan fingerprint density at radius 3 is 3.06 bits per heavy atom. The molecule has 0 aliphatic carbocycles.